The third-order valence-corrected chi connectivity index (χ3v) is 7.05. The quantitative estimate of drug-likeness (QED) is 0.396. The Morgan fingerprint density at radius 2 is 1.87 bits per heavy atom. The highest BCUT2D eigenvalue weighted by Crippen LogP contribution is 2.50. The molecule has 2 aromatic carbocycles. The lowest BCUT2D eigenvalue weighted by atomic mass is 9.95. The maximum atomic E-state index is 13.3. The highest BCUT2D eigenvalue weighted by atomic mass is 32.1. The standard InChI is InChI=1S/C27H30N4O6S/c1-14-12-29-27(38-14)31-23(34)13-28-20-9-7-17-18(11-21(20)33)19(30-15(2)32)8-6-16-10-22(35-3)25(36-4)26(37-5)24(16)17/h7,9-12,19H,6,8,13H2,1-5H3,(H,28,33)(H,30,32)(H,29,31,34). The molecule has 1 aliphatic carbocycles. The van der Waals surface area contributed by atoms with Crippen LogP contribution in [0.4, 0.5) is 10.8 Å². The Kier molecular flexibility index (Phi) is 8.16. The number of ether oxygens (including phenoxy) is 3. The van der Waals surface area contributed by atoms with E-state index in [1.54, 1.807) is 32.5 Å². The largest absolute Gasteiger partial charge is 0.493 e. The molecule has 4 rings (SSSR count). The number of fused-ring (bicyclic) bond motifs is 3. The molecule has 0 aliphatic heterocycles. The zero-order valence-electron chi connectivity index (χ0n) is 21.9. The van der Waals surface area contributed by atoms with E-state index < -0.39 is 6.04 Å². The minimum absolute atomic E-state index is 0.122. The Hall–Kier alpha value is -4.12. The van der Waals surface area contributed by atoms with Gasteiger partial charge in [0, 0.05) is 23.6 Å². The number of hydrogen-bond acceptors (Lipinski definition) is 9. The fourth-order valence-electron chi connectivity index (χ4n) is 4.61. The van der Waals surface area contributed by atoms with Crippen LogP contribution in [-0.4, -0.2) is 44.7 Å². The second-order valence-corrected chi connectivity index (χ2v) is 10.0. The molecule has 0 saturated heterocycles. The number of benzene rings is 1. The van der Waals surface area contributed by atoms with Gasteiger partial charge in [0.1, 0.15) is 0 Å². The van der Waals surface area contributed by atoms with Gasteiger partial charge in [-0.25, -0.2) is 4.98 Å². The summed E-state index contributed by atoms with van der Waals surface area (Å²) in [5.41, 5.74) is 2.96. The molecule has 10 nitrogen and oxygen atoms in total. The Balaban J connectivity index is 1.79. The molecule has 1 aliphatic rings. The summed E-state index contributed by atoms with van der Waals surface area (Å²) < 4.78 is 16.9. The fraction of sp³-hybridized carbons (Fsp3) is 0.333. The lowest BCUT2D eigenvalue weighted by Gasteiger charge is -2.19. The molecule has 0 fully saturated rings. The fourth-order valence-corrected chi connectivity index (χ4v) is 5.29. The maximum absolute atomic E-state index is 13.3. The molecule has 0 saturated carbocycles. The molecule has 1 atom stereocenters. The second kappa shape index (κ2) is 11.5. The highest BCUT2D eigenvalue weighted by Gasteiger charge is 2.29. The molecule has 1 aromatic heterocycles. The van der Waals surface area contributed by atoms with Crippen molar-refractivity contribution < 1.29 is 23.8 Å². The Morgan fingerprint density at radius 1 is 1.11 bits per heavy atom. The van der Waals surface area contributed by atoms with Gasteiger partial charge in [0.25, 0.3) is 0 Å². The Labute approximate surface area is 224 Å². The summed E-state index contributed by atoms with van der Waals surface area (Å²) in [6.07, 6.45) is 2.83. The van der Waals surface area contributed by atoms with E-state index in [1.807, 2.05) is 13.0 Å². The molecule has 0 radical (unpaired) electrons. The number of rotatable bonds is 8. The van der Waals surface area contributed by atoms with Gasteiger partial charge in [-0.2, -0.15) is 0 Å². The first-order valence-corrected chi connectivity index (χ1v) is 12.8. The van der Waals surface area contributed by atoms with Gasteiger partial charge in [0.2, 0.25) is 23.0 Å². The Bertz CT molecular complexity index is 1440. The number of methoxy groups -OCH3 is 3. The summed E-state index contributed by atoms with van der Waals surface area (Å²) in [5.74, 6) is 0.889. The van der Waals surface area contributed by atoms with E-state index in [9.17, 15) is 14.4 Å². The van der Waals surface area contributed by atoms with Gasteiger partial charge < -0.3 is 30.2 Å². The van der Waals surface area contributed by atoms with Gasteiger partial charge in [0.15, 0.2) is 16.6 Å². The summed E-state index contributed by atoms with van der Waals surface area (Å²) in [5, 5.41) is 9.12. The normalized spacial score (nSPS) is 13.9. The SMILES string of the molecule is COc1cc2c(c(OC)c1OC)-c1ccc(NCC(=O)Nc3ncc(C)s3)c(=O)cc1C(NC(C)=O)CC2. The van der Waals surface area contributed by atoms with Crippen molar-refractivity contribution in [1.82, 2.24) is 10.3 Å². The van der Waals surface area contributed by atoms with Crippen LogP contribution in [0.5, 0.6) is 17.2 Å². The first-order valence-electron chi connectivity index (χ1n) is 12.0. The van der Waals surface area contributed by atoms with E-state index in [2.05, 4.69) is 20.9 Å². The number of anilines is 2. The predicted molar refractivity (Wildman–Crippen MR) is 147 cm³/mol. The number of aromatic nitrogens is 1. The van der Waals surface area contributed by atoms with Crippen molar-refractivity contribution in [2.45, 2.75) is 32.7 Å². The van der Waals surface area contributed by atoms with Gasteiger partial charge >= 0.3 is 0 Å². The van der Waals surface area contributed by atoms with Gasteiger partial charge in [-0.3, -0.25) is 14.4 Å². The summed E-state index contributed by atoms with van der Waals surface area (Å²) in [7, 11) is 4.64. The number of amides is 2. The van der Waals surface area contributed by atoms with Crippen molar-refractivity contribution >= 4 is 34.0 Å². The van der Waals surface area contributed by atoms with Gasteiger partial charge in [-0.1, -0.05) is 6.07 Å². The van der Waals surface area contributed by atoms with Crippen molar-refractivity contribution in [2.24, 2.45) is 0 Å². The minimum atomic E-state index is -0.416. The van der Waals surface area contributed by atoms with Crippen LogP contribution in [0.3, 0.4) is 0 Å². The van der Waals surface area contributed by atoms with Crippen molar-refractivity contribution in [1.29, 1.82) is 0 Å². The molecule has 1 unspecified atom stereocenters. The number of thiazole rings is 1. The molecular weight excluding hydrogens is 508 g/mol. The van der Waals surface area contributed by atoms with E-state index in [1.165, 1.54) is 31.4 Å². The lowest BCUT2D eigenvalue weighted by molar-refractivity contribution is -0.119. The monoisotopic (exact) mass is 538 g/mol. The zero-order chi connectivity index (χ0) is 27.4. The number of nitrogens with one attached hydrogen (secondary N) is 3. The first kappa shape index (κ1) is 26.9. The summed E-state index contributed by atoms with van der Waals surface area (Å²) in [6.45, 7) is 3.22. The van der Waals surface area contributed by atoms with Crippen LogP contribution in [-0.2, 0) is 16.0 Å². The van der Waals surface area contributed by atoms with Crippen LogP contribution >= 0.6 is 11.3 Å². The average molecular weight is 539 g/mol. The second-order valence-electron chi connectivity index (χ2n) is 8.77. The minimum Gasteiger partial charge on any atom is -0.493 e. The highest BCUT2D eigenvalue weighted by molar-refractivity contribution is 7.15. The zero-order valence-corrected chi connectivity index (χ0v) is 22.7. The van der Waals surface area contributed by atoms with Crippen molar-refractivity contribution in [3.63, 3.8) is 0 Å². The van der Waals surface area contributed by atoms with Gasteiger partial charge in [0.05, 0.1) is 39.6 Å². The molecule has 38 heavy (non-hydrogen) atoms. The lowest BCUT2D eigenvalue weighted by Crippen LogP contribution is -2.27. The molecule has 3 aromatic rings. The predicted octanol–water partition coefficient (Wildman–Crippen LogP) is 3.68. The number of carbonyl (C=O) groups excluding carboxylic acids is 2. The van der Waals surface area contributed by atoms with Gasteiger partial charge in [-0.15, -0.1) is 11.3 Å². The number of nitrogens with zero attached hydrogens (tertiary/aromatic N) is 1. The van der Waals surface area contributed by atoms with Crippen LogP contribution in [0.15, 0.2) is 35.3 Å². The van der Waals surface area contributed by atoms with Crippen molar-refractivity contribution in [3.05, 3.63) is 56.7 Å². The van der Waals surface area contributed by atoms with Crippen LogP contribution in [0.2, 0.25) is 0 Å². The average Bonchev–Trinajstić information content (AvgIpc) is 3.15. The number of aryl methyl sites for hydroxylation is 2. The van der Waals surface area contributed by atoms with Crippen molar-refractivity contribution in [2.75, 3.05) is 38.5 Å². The van der Waals surface area contributed by atoms with Crippen LogP contribution < -0.4 is 35.6 Å². The molecule has 0 bridgehead atoms. The molecule has 3 N–H and O–H groups in total. The third kappa shape index (κ3) is 5.57. The molecule has 1 heterocycles. The molecule has 200 valence electrons. The van der Waals surface area contributed by atoms with E-state index in [-0.39, 0.29) is 29.5 Å². The van der Waals surface area contributed by atoms with E-state index >= 15 is 0 Å². The molecule has 2 amide bonds. The van der Waals surface area contributed by atoms with Crippen molar-refractivity contribution in [3.8, 4) is 28.4 Å². The van der Waals surface area contributed by atoms with Gasteiger partial charge in [-0.05, 0) is 54.7 Å². The third-order valence-electron chi connectivity index (χ3n) is 6.22. The van der Waals surface area contributed by atoms with E-state index in [0.717, 1.165) is 16.0 Å². The Morgan fingerprint density at radius 3 is 2.50 bits per heavy atom. The summed E-state index contributed by atoms with van der Waals surface area (Å²) >= 11 is 1.37. The number of carbonyl (C=O) groups is 2. The molecule has 11 heteroatoms. The van der Waals surface area contributed by atoms with E-state index in [4.69, 9.17) is 14.2 Å². The summed E-state index contributed by atoms with van der Waals surface area (Å²) in [6, 6.07) is 6.42. The molecule has 0 spiro atoms. The van der Waals surface area contributed by atoms with Crippen LogP contribution in [0.25, 0.3) is 11.1 Å². The first-order chi connectivity index (χ1) is 18.2. The van der Waals surface area contributed by atoms with E-state index in [0.29, 0.717) is 46.3 Å². The van der Waals surface area contributed by atoms with Crippen LogP contribution in [0, 0.1) is 6.92 Å². The number of hydrogen-bond donors (Lipinski definition) is 3. The maximum Gasteiger partial charge on any atom is 0.245 e. The smallest absolute Gasteiger partial charge is 0.245 e. The molecular formula is C27H30N4O6S. The van der Waals surface area contributed by atoms with Crippen LogP contribution in [0.1, 0.15) is 35.4 Å². The summed E-state index contributed by atoms with van der Waals surface area (Å²) in [4.78, 5) is 42.9. The topological polar surface area (TPSA) is 128 Å².